The molecule has 3 rings (SSSR count). The minimum Gasteiger partial charge on any atom is -0.396 e. The van der Waals surface area contributed by atoms with Gasteiger partial charge in [-0.3, -0.25) is 0 Å². The molecular weight excluding hydrogens is 356 g/mol. The summed E-state index contributed by atoms with van der Waals surface area (Å²) < 4.78 is 0. The van der Waals surface area contributed by atoms with Crippen molar-refractivity contribution in [2.24, 2.45) is 52.3 Å². The quantitative estimate of drug-likeness (QED) is 0.448. The summed E-state index contributed by atoms with van der Waals surface area (Å²) in [5.41, 5.74) is 0.769. The van der Waals surface area contributed by atoms with Crippen LogP contribution in [-0.2, 0) is 0 Å². The summed E-state index contributed by atoms with van der Waals surface area (Å²) in [7, 11) is 0. The third-order valence-electron chi connectivity index (χ3n) is 10.4. The molecule has 2 nitrogen and oxygen atoms in total. The molecule has 29 heavy (non-hydrogen) atoms. The van der Waals surface area contributed by atoms with Gasteiger partial charge in [0.25, 0.3) is 0 Å². The Hall–Kier alpha value is -0.0800. The Bertz CT molecular complexity index is 517. The zero-order valence-corrected chi connectivity index (χ0v) is 20.1. The summed E-state index contributed by atoms with van der Waals surface area (Å²) in [6, 6.07) is 0. The Morgan fingerprint density at radius 2 is 1.62 bits per heavy atom. The molecule has 0 radical (unpaired) electrons. The number of rotatable bonds is 9. The van der Waals surface area contributed by atoms with Gasteiger partial charge >= 0.3 is 0 Å². The van der Waals surface area contributed by atoms with Crippen LogP contribution in [-0.4, -0.2) is 23.4 Å². The van der Waals surface area contributed by atoms with E-state index in [0.717, 1.165) is 48.3 Å². The second-order valence-electron chi connectivity index (χ2n) is 12.2. The Morgan fingerprint density at radius 3 is 2.28 bits per heavy atom. The fourth-order valence-corrected chi connectivity index (χ4v) is 8.82. The molecule has 0 unspecified atom stereocenters. The van der Waals surface area contributed by atoms with Crippen LogP contribution < -0.4 is 0 Å². The summed E-state index contributed by atoms with van der Waals surface area (Å²) in [5.74, 6) is 5.73. The fraction of sp³-hybridized carbons (Fsp3) is 1.00. The van der Waals surface area contributed by atoms with Gasteiger partial charge in [-0.1, -0.05) is 53.9 Å². The van der Waals surface area contributed by atoms with Crippen molar-refractivity contribution in [2.75, 3.05) is 13.2 Å². The van der Waals surface area contributed by atoms with Crippen LogP contribution in [0.1, 0.15) is 105 Å². The maximum atomic E-state index is 9.87. The summed E-state index contributed by atoms with van der Waals surface area (Å²) in [5, 5.41) is 19.5. The number of aliphatic hydroxyl groups is 2. The minimum absolute atomic E-state index is 0.225. The summed E-state index contributed by atoms with van der Waals surface area (Å²) >= 11 is 0. The molecule has 3 saturated carbocycles. The van der Waals surface area contributed by atoms with E-state index in [9.17, 15) is 10.2 Å². The summed E-state index contributed by atoms with van der Waals surface area (Å²) in [4.78, 5) is 0. The van der Waals surface area contributed by atoms with Gasteiger partial charge in [0.15, 0.2) is 0 Å². The topological polar surface area (TPSA) is 40.5 Å². The number of fused-ring (bicyclic) bond motifs is 3. The van der Waals surface area contributed by atoms with E-state index < -0.39 is 0 Å². The van der Waals surface area contributed by atoms with Gasteiger partial charge in [-0.05, 0) is 104 Å². The number of aliphatic hydroxyl groups excluding tert-OH is 2. The molecule has 8 atom stereocenters. The van der Waals surface area contributed by atoms with E-state index in [0.29, 0.717) is 24.5 Å². The lowest BCUT2D eigenvalue weighted by molar-refractivity contribution is -0.111. The van der Waals surface area contributed by atoms with Gasteiger partial charge < -0.3 is 10.2 Å². The van der Waals surface area contributed by atoms with Crippen LogP contribution in [0.2, 0.25) is 0 Å². The Labute approximate surface area is 181 Å². The van der Waals surface area contributed by atoms with E-state index in [4.69, 9.17) is 0 Å². The fourth-order valence-electron chi connectivity index (χ4n) is 8.82. The molecule has 3 fully saturated rings. The van der Waals surface area contributed by atoms with Gasteiger partial charge in [-0.15, -0.1) is 0 Å². The Kier molecular flexibility index (Phi) is 7.80. The van der Waals surface area contributed by atoms with Crippen LogP contribution in [0.4, 0.5) is 0 Å². The minimum atomic E-state index is 0.225. The molecule has 0 spiro atoms. The first kappa shape index (κ1) is 23.6. The first-order valence-electron chi connectivity index (χ1n) is 13.0. The summed E-state index contributed by atoms with van der Waals surface area (Å²) in [6.45, 7) is 13.0. The van der Waals surface area contributed by atoms with Crippen LogP contribution in [0, 0.1) is 52.3 Å². The molecule has 0 aromatic heterocycles. The van der Waals surface area contributed by atoms with Crippen LogP contribution in [0.15, 0.2) is 0 Å². The van der Waals surface area contributed by atoms with Crippen molar-refractivity contribution >= 4 is 0 Å². The normalized spacial score (nSPS) is 43.2. The van der Waals surface area contributed by atoms with Gasteiger partial charge in [0.1, 0.15) is 0 Å². The Morgan fingerprint density at radius 1 is 0.862 bits per heavy atom. The molecular formula is C27H50O2. The lowest BCUT2D eigenvalue weighted by Crippen LogP contribution is -2.52. The molecule has 170 valence electrons. The predicted molar refractivity (Wildman–Crippen MR) is 123 cm³/mol. The largest absolute Gasteiger partial charge is 0.396 e. The van der Waals surface area contributed by atoms with E-state index in [1.165, 1.54) is 57.8 Å². The smallest absolute Gasteiger partial charge is 0.0436 e. The van der Waals surface area contributed by atoms with Crippen molar-refractivity contribution in [3.05, 3.63) is 0 Å². The molecule has 0 aliphatic heterocycles. The van der Waals surface area contributed by atoms with Crippen LogP contribution in [0.3, 0.4) is 0 Å². The molecule has 0 amide bonds. The Balaban J connectivity index is 1.73. The van der Waals surface area contributed by atoms with E-state index in [2.05, 4.69) is 34.6 Å². The molecule has 3 aliphatic rings. The first-order valence-corrected chi connectivity index (χ1v) is 13.0. The maximum absolute atomic E-state index is 9.87. The third-order valence-corrected chi connectivity index (χ3v) is 10.4. The second-order valence-corrected chi connectivity index (χ2v) is 12.2. The predicted octanol–water partition coefficient (Wildman–Crippen LogP) is 6.69. The molecule has 0 aromatic carbocycles. The maximum Gasteiger partial charge on any atom is 0.0436 e. The van der Waals surface area contributed by atoms with Crippen molar-refractivity contribution in [3.63, 3.8) is 0 Å². The van der Waals surface area contributed by atoms with E-state index in [1.54, 1.807) is 0 Å². The van der Waals surface area contributed by atoms with Crippen molar-refractivity contribution in [1.82, 2.24) is 0 Å². The van der Waals surface area contributed by atoms with E-state index >= 15 is 0 Å². The highest BCUT2D eigenvalue weighted by Gasteiger charge is 2.59. The average Bonchev–Trinajstić information content (AvgIpc) is 3.01. The molecule has 0 saturated heterocycles. The molecule has 0 heterocycles. The molecule has 2 N–H and O–H groups in total. The first-order chi connectivity index (χ1) is 13.8. The zero-order valence-electron chi connectivity index (χ0n) is 20.1. The molecule has 2 heteroatoms. The van der Waals surface area contributed by atoms with Gasteiger partial charge in [0.2, 0.25) is 0 Å². The summed E-state index contributed by atoms with van der Waals surface area (Å²) in [6.07, 6.45) is 14.3. The standard InChI is InChI=1S/C27H50O2/c1-19(2)7-6-8-20(3)23-11-12-24-22-10-9-21(14-17-28)26(4,16-18-29)25(22)13-15-27(23,24)5/h19-25,28-29H,6-18H2,1-5H3/t20-,21+,22+,23-,24+,25+,26+,27-/m1/s1. The highest BCUT2D eigenvalue weighted by molar-refractivity contribution is 5.08. The van der Waals surface area contributed by atoms with Crippen LogP contribution >= 0.6 is 0 Å². The van der Waals surface area contributed by atoms with Gasteiger partial charge in [-0.25, -0.2) is 0 Å². The highest BCUT2D eigenvalue weighted by Crippen LogP contribution is 2.67. The molecule has 0 aromatic rings. The molecule has 3 aliphatic carbocycles. The number of hydrogen-bond donors (Lipinski definition) is 2. The highest BCUT2D eigenvalue weighted by atomic mass is 16.3. The van der Waals surface area contributed by atoms with Crippen molar-refractivity contribution in [3.8, 4) is 0 Å². The van der Waals surface area contributed by atoms with Crippen molar-refractivity contribution < 1.29 is 10.2 Å². The van der Waals surface area contributed by atoms with Gasteiger partial charge in [0.05, 0.1) is 0 Å². The van der Waals surface area contributed by atoms with Crippen molar-refractivity contribution in [1.29, 1.82) is 0 Å². The lowest BCUT2D eigenvalue weighted by atomic mass is 9.45. The number of hydrogen-bond acceptors (Lipinski definition) is 2. The average molecular weight is 407 g/mol. The zero-order chi connectivity index (χ0) is 21.2. The second kappa shape index (κ2) is 9.60. The van der Waals surface area contributed by atoms with E-state index in [-0.39, 0.29) is 5.41 Å². The monoisotopic (exact) mass is 406 g/mol. The van der Waals surface area contributed by atoms with Crippen molar-refractivity contribution in [2.45, 2.75) is 105 Å². The molecule has 0 bridgehead atoms. The van der Waals surface area contributed by atoms with E-state index in [1.807, 2.05) is 0 Å². The SMILES string of the molecule is CC(C)CCC[C@@H](C)[C@H]1CC[C@H]2[C@@H]3CC[C@@H](CCO)[C@](C)(CCO)[C@H]3CC[C@]12C. The van der Waals surface area contributed by atoms with Gasteiger partial charge in [-0.2, -0.15) is 0 Å². The third kappa shape index (κ3) is 4.45. The van der Waals surface area contributed by atoms with Gasteiger partial charge in [0, 0.05) is 13.2 Å². The lowest BCUT2D eigenvalue weighted by Gasteiger charge is -2.59. The van der Waals surface area contributed by atoms with Crippen LogP contribution in [0.5, 0.6) is 0 Å². The van der Waals surface area contributed by atoms with Crippen LogP contribution in [0.25, 0.3) is 0 Å².